The number of nitrogens with two attached hydrogens (primary N) is 3. The molecule has 0 aliphatic rings. The Morgan fingerprint density at radius 2 is 1.37 bits per heavy atom. The first-order valence-electron chi connectivity index (χ1n) is 12.8. The van der Waals surface area contributed by atoms with Gasteiger partial charge in [0.15, 0.2) is 0 Å². The van der Waals surface area contributed by atoms with Crippen LogP contribution in [-0.4, -0.2) is 82.4 Å². The molecular formula is C25H42N6O7. The lowest BCUT2D eigenvalue weighted by Crippen LogP contribution is -2.59. The molecule has 0 saturated carbocycles. The number of carboxylic acids is 1. The highest BCUT2D eigenvalue weighted by Gasteiger charge is 2.32. The number of phenols is 1. The third-order valence-electron chi connectivity index (χ3n) is 5.94. The Hall–Kier alpha value is -3.26. The quantitative estimate of drug-likeness (QED) is 0.0973. The first-order chi connectivity index (χ1) is 18.0. The van der Waals surface area contributed by atoms with Gasteiger partial charge in [-0.3, -0.25) is 14.4 Å². The van der Waals surface area contributed by atoms with Crippen LogP contribution >= 0.6 is 0 Å². The highest BCUT2D eigenvalue weighted by atomic mass is 16.4. The lowest BCUT2D eigenvalue weighted by Gasteiger charge is -2.26. The second kappa shape index (κ2) is 17.3. The van der Waals surface area contributed by atoms with Gasteiger partial charge in [-0.25, -0.2) is 4.79 Å². The second-order valence-corrected chi connectivity index (χ2v) is 9.23. The normalized spacial score (nSPS) is 15.0. The first kappa shape index (κ1) is 32.8. The standard InChI is InChI=1S/C25H42N6O7/c1-15(32)21(31-22(34)18(28)6-2-4-12-26)24(36)29-19(7-3-5-13-27)23(35)30-20(25(37)38)14-16-8-10-17(33)11-9-16/h8-11,15,18-21,32-33H,2-7,12-14,26-28H2,1H3,(H,29,36)(H,30,35)(H,31,34)(H,37,38). The van der Waals surface area contributed by atoms with Crippen molar-refractivity contribution in [2.75, 3.05) is 13.1 Å². The molecule has 0 heterocycles. The summed E-state index contributed by atoms with van der Waals surface area (Å²) in [5.74, 6) is -3.46. The van der Waals surface area contributed by atoms with E-state index in [0.29, 0.717) is 50.8 Å². The molecule has 0 bridgehead atoms. The number of rotatable bonds is 18. The van der Waals surface area contributed by atoms with Gasteiger partial charge in [0.25, 0.3) is 0 Å². The van der Waals surface area contributed by atoms with Crippen LogP contribution < -0.4 is 33.2 Å². The zero-order valence-corrected chi connectivity index (χ0v) is 21.8. The summed E-state index contributed by atoms with van der Waals surface area (Å²) in [5, 5.41) is 36.6. The van der Waals surface area contributed by atoms with Gasteiger partial charge in [0.2, 0.25) is 17.7 Å². The number of carbonyl (C=O) groups is 4. The van der Waals surface area contributed by atoms with Gasteiger partial charge >= 0.3 is 5.97 Å². The van der Waals surface area contributed by atoms with Crippen LogP contribution in [0.2, 0.25) is 0 Å². The summed E-state index contributed by atoms with van der Waals surface area (Å²) in [6.45, 7) is 2.12. The minimum atomic E-state index is -1.39. The molecule has 12 N–H and O–H groups in total. The molecule has 0 aromatic heterocycles. The Labute approximate surface area is 222 Å². The molecule has 13 heteroatoms. The summed E-state index contributed by atoms with van der Waals surface area (Å²) in [5.41, 5.74) is 17.4. The Morgan fingerprint density at radius 3 is 1.89 bits per heavy atom. The number of carboxylic acid groups (broad SMARTS) is 1. The molecule has 5 atom stereocenters. The number of aliphatic carboxylic acids is 1. The summed E-state index contributed by atoms with van der Waals surface area (Å²) in [7, 11) is 0. The lowest BCUT2D eigenvalue weighted by atomic mass is 10.0. The maximum Gasteiger partial charge on any atom is 0.326 e. The SMILES string of the molecule is CC(O)C(NC(=O)C(N)CCCCN)C(=O)NC(CCCCN)C(=O)NC(Cc1ccc(O)cc1)C(=O)O. The molecule has 0 aliphatic carbocycles. The third-order valence-corrected chi connectivity index (χ3v) is 5.94. The predicted octanol–water partition coefficient (Wildman–Crippen LogP) is -1.56. The van der Waals surface area contributed by atoms with Crippen LogP contribution in [0.25, 0.3) is 0 Å². The van der Waals surface area contributed by atoms with Crippen molar-refractivity contribution in [1.82, 2.24) is 16.0 Å². The average Bonchev–Trinajstić information content (AvgIpc) is 2.87. The van der Waals surface area contributed by atoms with Crippen LogP contribution in [0.4, 0.5) is 0 Å². The van der Waals surface area contributed by atoms with E-state index < -0.39 is 54.0 Å². The molecule has 5 unspecified atom stereocenters. The number of phenolic OH excluding ortho intramolecular Hbond substituents is 1. The van der Waals surface area contributed by atoms with E-state index in [4.69, 9.17) is 17.2 Å². The molecule has 0 spiro atoms. The minimum Gasteiger partial charge on any atom is -0.508 e. The van der Waals surface area contributed by atoms with Gasteiger partial charge in [-0.1, -0.05) is 18.6 Å². The van der Waals surface area contributed by atoms with Crippen molar-refractivity contribution in [2.24, 2.45) is 17.2 Å². The van der Waals surface area contributed by atoms with Crippen molar-refractivity contribution in [3.05, 3.63) is 29.8 Å². The van der Waals surface area contributed by atoms with E-state index in [0.717, 1.165) is 0 Å². The summed E-state index contributed by atoms with van der Waals surface area (Å²) in [6, 6.07) is 1.13. The van der Waals surface area contributed by atoms with Gasteiger partial charge in [-0.2, -0.15) is 0 Å². The Kier molecular flexibility index (Phi) is 14.9. The highest BCUT2D eigenvalue weighted by Crippen LogP contribution is 2.12. The molecule has 1 rings (SSSR count). The number of hydrogen-bond donors (Lipinski definition) is 9. The van der Waals surface area contributed by atoms with Crippen LogP contribution in [0.5, 0.6) is 5.75 Å². The van der Waals surface area contributed by atoms with Crippen LogP contribution in [0.1, 0.15) is 51.0 Å². The van der Waals surface area contributed by atoms with E-state index in [2.05, 4.69) is 16.0 Å². The summed E-state index contributed by atoms with van der Waals surface area (Å²) in [6.07, 6.45) is 1.47. The van der Waals surface area contributed by atoms with Gasteiger partial charge < -0.3 is 48.5 Å². The average molecular weight is 539 g/mol. The van der Waals surface area contributed by atoms with E-state index in [1.54, 1.807) is 0 Å². The monoisotopic (exact) mass is 538 g/mol. The molecule has 3 amide bonds. The smallest absolute Gasteiger partial charge is 0.326 e. The maximum absolute atomic E-state index is 13.1. The van der Waals surface area contributed by atoms with Crippen molar-refractivity contribution in [2.45, 2.75) is 82.1 Å². The van der Waals surface area contributed by atoms with Gasteiger partial charge in [-0.15, -0.1) is 0 Å². The van der Waals surface area contributed by atoms with Crippen LogP contribution in [0.3, 0.4) is 0 Å². The number of benzene rings is 1. The number of aliphatic hydroxyl groups excluding tert-OH is 1. The molecule has 38 heavy (non-hydrogen) atoms. The number of aromatic hydroxyl groups is 1. The largest absolute Gasteiger partial charge is 0.508 e. The Bertz CT molecular complexity index is 897. The summed E-state index contributed by atoms with van der Waals surface area (Å²) >= 11 is 0. The maximum atomic E-state index is 13.1. The first-order valence-corrected chi connectivity index (χ1v) is 12.8. The number of amides is 3. The van der Waals surface area contributed by atoms with E-state index in [-0.39, 0.29) is 18.6 Å². The van der Waals surface area contributed by atoms with Crippen molar-refractivity contribution < 1.29 is 34.5 Å². The molecule has 0 saturated heterocycles. The van der Waals surface area contributed by atoms with Gasteiger partial charge in [0.05, 0.1) is 12.1 Å². The van der Waals surface area contributed by atoms with E-state index in [9.17, 15) is 34.5 Å². The van der Waals surface area contributed by atoms with E-state index in [1.807, 2.05) is 0 Å². The second-order valence-electron chi connectivity index (χ2n) is 9.23. The van der Waals surface area contributed by atoms with Crippen LogP contribution in [-0.2, 0) is 25.6 Å². The number of unbranched alkanes of at least 4 members (excludes halogenated alkanes) is 2. The van der Waals surface area contributed by atoms with Gasteiger partial charge in [-0.05, 0) is 69.8 Å². The Balaban J connectivity index is 2.95. The van der Waals surface area contributed by atoms with Crippen LogP contribution in [0.15, 0.2) is 24.3 Å². The number of nitrogens with one attached hydrogen (secondary N) is 3. The molecule has 13 nitrogen and oxygen atoms in total. The van der Waals surface area contributed by atoms with Crippen molar-refractivity contribution in [3.63, 3.8) is 0 Å². The fourth-order valence-electron chi connectivity index (χ4n) is 3.67. The van der Waals surface area contributed by atoms with Crippen LogP contribution in [0, 0.1) is 0 Å². The number of carbonyl (C=O) groups excluding carboxylic acids is 3. The minimum absolute atomic E-state index is 0.0172. The van der Waals surface area contributed by atoms with Gasteiger partial charge in [0.1, 0.15) is 23.9 Å². The molecule has 0 radical (unpaired) electrons. The Morgan fingerprint density at radius 1 is 0.816 bits per heavy atom. The summed E-state index contributed by atoms with van der Waals surface area (Å²) in [4.78, 5) is 50.4. The van der Waals surface area contributed by atoms with Gasteiger partial charge in [0, 0.05) is 6.42 Å². The molecule has 0 fully saturated rings. The summed E-state index contributed by atoms with van der Waals surface area (Å²) < 4.78 is 0. The molecular weight excluding hydrogens is 496 g/mol. The number of hydrogen-bond acceptors (Lipinski definition) is 9. The molecule has 1 aromatic rings. The third kappa shape index (κ3) is 11.9. The molecule has 1 aromatic carbocycles. The van der Waals surface area contributed by atoms with Crippen molar-refractivity contribution in [3.8, 4) is 5.75 Å². The lowest BCUT2D eigenvalue weighted by molar-refractivity contribution is -0.142. The highest BCUT2D eigenvalue weighted by molar-refractivity contribution is 5.94. The zero-order chi connectivity index (χ0) is 28.7. The predicted molar refractivity (Wildman–Crippen MR) is 141 cm³/mol. The fourth-order valence-corrected chi connectivity index (χ4v) is 3.67. The topological polar surface area (TPSA) is 243 Å². The molecule has 214 valence electrons. The molecule has 0 aliphatic heterocycles. The fraction of sp³-hybridized carbons (Fsp3) is 0.600. The van der Waals surface area contributed by atoms with Crippen molar-refractivity contribution in [1.29, 1.82) is 0 Å². The zero-order valence-electron chi connectivity index (χ0n) is 21.8. The number of aliphatic hydroxyl groups is 1. The van der Waals surface area contributed by atoms with Crippen molar-refractivity contribution >= 4 is 23.7 Å². The van der Waals surface area contributed by atoms with E-state index >= 15 is 0 Å². The van der Waals surface area contributed by atoms with E-state index in [1.165, 1.54) is 31.2 Å².